The van der Waals surface area contributed by atoms with Gasteiger partial charge in [-0.2, -0.15) is 0 Å². The van der Waals surface area contributed by atoms with Gasteiger partial charge in [-0.25, -0.2) is 9.59 Å². The number of hydrogen-bond acceptors (Lipinski definition) is 17. The molecule has 0 radical (unpaired) electrons. The average molecular weight is 1070 g/mol. The topological polar surface area (TPSA) is 229 Å². The molecule has 428 valence electrons. The number of aliphatic hydroxyl groups is 2. The van der Waals surface area contributed by atoms with E-state index in [4.69, 9.17) is 42.6 Å². The lowest BCUT2D eigenvalue weighted by molar-refractivity contribution is -0.265. The van der Waals surface area contributed by atoms with Crippen molar-refractivity contribution in [2.45, 2.75) is 206 Å². The molecule has 16 atom stereocenters. The number of esters is 1. The van der Waals surface area contributed by atoms with Crippen molar-refractivity contribution in [3.63, 3.8) is 0 Å². The molecule has 3 unspecified atom stereocenters. The molecule has 76 heavy (non-hydrogen) atoms. The first kappa shape index (κ1) is 62.7. The number of carbonyl (C=O) groups is 6. The van der Waals surface area contributed by atoms with Crippen LogP contribution in [0.15, 0.2) is 47.6 Å². The molecule has 3 saturated heterocycles. The van der Waals surface area contributed by atoms with E-state index in [9.17, 15) is 39.0 Å². The number of Topliss-reactive ketones (excluding diaryl/α,β-unsaturated/α-hetero) is 3. The minimum atomic E-state index is -2.46. The Balaban J connectivity index is 1.41. The minimum Gasteiger partial charge on any atom is -0.460 e. The van der Waals surface area contributed by atoms with Crippen LogP contribution in [-0.4, -0.2) is 158 Å². The number of carbonyl (C=O) groups excluding carboxylic acids is 6. The normalized spacial score (nSPS) is 37.8. The van der Waals surface area contributed by atoms with Crippen molar-refractivity contribution in [2.24, 2.45) is 35.5 Å². The average Bonchev–Trinajstić information content (AvgIpc) is 3.75. The number of amides is 1. The molecule has 4 heterocycles. The molecule has 4 aliphatic heterocycles. The summed E-state index contributed by atoms with van der Waals surface area (Å²) in [6, 6.07) is -1.19. The van der Waals surface area contributed by atoms with E-state index in [1.54, 1.807) is 61.8 Å². The number of piperidine rings is 1. The van der Waals surface area contributed by atoms with Crippen molar-refractivity contribution in [1.82, 2.24) is 4.90 Å². The molecule has 2 N–H and O–H groups in total. The fraction of sp³-hybridized carbons (Fsp3) is 0.759. The number of ketones is 3. The van der Waals surface area contributed by atoms with Gasteiger partial charge in [0.05, 0.1) is 24.9 Å². The third kappa shape index (κ3) is 16.9. The van der Waals surface area contributed by atoms with E-state index >= 15 is 0 Å². The highest BCUT2D eigenvalue weighted by atomic mass is 16.8. The van der Waals surface area contributed by atoms with Crippen LogP contribution in [0.25, 0.3) is 0 Å². The smallest absolute Gasteiger partial charge is 0.460 e. The highest BCUT2D eigenvalue weighted by molar-refractivity contribution is 6.39. The maximum atomic E-state index is 14.6. The second kappa shape index (κ2) is 28.7. The van der Waals surface area contributed by atoms with E-state index in [1.807, 2.05) is 51.2 Å². The fourth-order valence-corrected chi connectivity index (χ4v) is 11.4. The summed E-state index contributed by atoms with van der Waals surface area (Å²) in [7, 11) is 4.48. The Bertz CT molecular complexity index is 2120. The number of aliphatic hydroxyl groups excluding tert-OH is 1. The van der Waals surface area contributed by atoms with Crippen LogP contribution in [0.3, 0.4) is 0 Å². The zero-order valence-corrected chi connectivity index (χ0v) is 47.2. The van der Waals surface area contributed by atoms with Crippen LogP contribution < -0.4 is 0 Å². The van der Waals surface area contributed by atoms with Gasteiger partial charge in [0.1, 0.15) is 49.0 Å². The van der Waals surface area contributed by atoms with Crippen LogP contribution in [0.4, 0.5) is 4.79 Å². The number of hydrogen-bond donors (Lipinski definition) is 2. The molecule has 2 bridgehead atoms. The van der Waals surface area contributed by atoms with Crippen molar-refractivity contribution in [3.8, 4) is 0 Å². The van der Waals surface area contributed by atoms with E-state index in [0.717, 1.165) is 5.57 Å². The Labute approximate surface area is 450 Å². The van der Waals surface area contributed by atoms with Crippen molar-refractivity contribution < 1.29 is 81.6 Å². The largest absolute Gasteiger partial charge is 0.508 e. The van der Waals surface area contributed by atoms with Gasteiger partial charge in [-0.15, -0.1) is 0 Å². The molecule has 4 fully saturated rings. The van der Waals surface area contributed by atoms with Crippen molar-refractivity contribution >= 4 is 35.4 Å². The molecule has 1 saturated carbocycles. The van der Waals surface area contributed by atoms with Crippen LogP contribution in [0.1, 0.15) is 139 Å². The van der Waals surface area contributed by atoms with Crippen molar-refractivity contribution in [1.29, 1.82) is 0 Å². The summed E-state index contributed by atoms with van der Waals surface area (Å²) in [6.07, 6.45) is 8.92. The molecule has 1 amide bonds. The van der Waals surface area contributed by atoms with E-state index in [1.165, 1.54) is 12.0 Å². The van der Waals surface area contributed by atoms with Crippen LogP contribution in [0.5, 0.6) is 0 Å². The molecule has 5 aliphatic rings. The third-order valence-corrected chi connectivity index (χ3v) is 16.2. The van der Waals surface area contributed by atoms with Crippen molar-refractivity contribution in [3.05, 3.63) is 47.6 Å². The van der Waals surface area contributed by atoms with E-state index < -0.39 is 114 Å². The molecular formula is C58H89NO17. The Hall–Kier alpha value is -4.14. The SMILES string of the molecule is CO[C@H]1CC2CC[C@@H](C)[C@@](O)(O2)C(=O)C(=O)N2CCCCC2C(=O)O[C@H]([C@H](C)C[C@@H]2CC[C@@H](OC(=O)OCC3COC(C)(C)O3)[C@H](OC)C2)CC(=O)[C@H](C)/C=C(\C)[C@@H](O)[C@@H](OC)C(=O)[C@H](C)C[C@H](C)/C=C/C=CC=C1C. The van der Waals surface area contributed by atoms with Gasteiger partial charge in [-0.05, 0) is 121 Å². The predicted octanol–water partition coefficient (Wildman–Crippen LogP) is 7.49. The first-order chi connectivity index (χ1) is 35.9. The van der Waals surface area contributed by atoms with Gasteiger partial charge >= 0.3 is 12.1 Å². The van der Waals surface area contributed by atoms with Crippen molar-refractivity contribution in [2.75, 3.05) is 41.1 Å². The van der Waals surface area contributed by atoms with E-state index in [2.05, 4.69) is 0 Å². The number of methoxy groups -OCH3 is 3. The van der Waals surface area contributed by atoms with Gasteiger partial charge in [0.2, 0.25) is 5.79 Å². The first-order valence-electron chi connectivity index (χ1n) is 27.6. The molecule has 1 aliphatic carbocycles. The Kier molecular flexibility index (Phi) is 23.6. The maximum Gasteiger partial charge on any atom is 0.508 e. The molecule has 18 nitrogen and oxygen atoms in total. The summed E-state index contributed by atoms with van der Waals surface area (Å²) in [4.78, 5) is 85.4. The lowest BCUT2D eigenvalue weighted by Gasteiger charge is -2.42. The van der Waals surface area contributed by atoms with Crippen LogP contribution in [0.2, 0.25) is 0 Å². The maximum absolute atomic E-state index is 14.6. The number of nitrogens with zero attached hydrogens (tertiary/aromatic N) is 1. The van der Waals surface area contributed by atoms with Gasteiger partial charge in [0, 0.05) is 58.5 Å². The van der Waals surface area contributed by atoms with Gasteiger partial charge in [0.15, 0.2) is 11.6 Å². The zero-order valence-electron chi connectivity index (χ0n) is 47.2. The summed E-state index contributed by atoms with van der Waals surface area (Å²) in [5, 5.41) is 23.6. The van der Waals surface area contributed by atoms with Gasteiger partial charge in [-0.1, -0.05) is 71.1 Å². The molecule has 0 aromatic carbocycles. The first-order valence-corrected chi connectivity index (χ1v) is 27.6. The zero-order chi connectivity index (χ0) is 56.1. The predicted molar refractivity (Wildman–Crippen MR) is 280 cm³/mol. The molecule has 18 heteroatoms. The van der Waals surface area contributed by atoms with Crippen LogP contribution >= 0.6 is 0 Å². The van der Waals surface area contributed by atoms with E-state index in [-0.39, 0.29) is 56.0 Å². The second-order valence-corrected chi connectivity index (χ2v) is 22.7. The monoisotopic (exact) mass is 1070 g/mol. The van der Waals surface area contributed by atoms with Gasteiger partial charge in [-0.3, -0.25) is 19.2 Å². The van der Waals surface area contributed by atoms with Crippen LogP contribution in [0, 0.1) is 35.5 Å². The summed E-state index contributed by atoms with van der Waals surface area (Å²) >= 11 is 0. The minimum absolute atomic E-state index is 0.00206. The standard InChI is InChI=1S/C58H89NO17/c1-34-18-14-13-15-19-35(2)47(68-10)30-42-23-21-40(7)58(67,76-42)53(63)54(64)59-25-17-16-20-44(59)55(65)73-48(31-45(60)36(3)27-39(6)51(62)52(70-12)50(61)38(5)26-34)37(4)28-41-22-24-46(49(29-41)69-11)74-56(66)71-32-43-33-72-57(8,9)75-43/h13-15,18-19,27,34,36-38,40-44,46-49,51-52,62,67H,16-17,20-26,28-33H2,1-12H3/b15-13?,18-14+,35-19?,39-27+/t34-,36-,37-,38-,40-,41+,42?,43?,44?,46-,47+,48+,49-,51-,52+,58-/m1/s1. The van der Waals surface area contributed by atoms with E-state index in [0.29, 0.717) is 69.8 Å². The van der Waals surface area contributed by atoms with Gasteiger partial charge in [0.25, 0.3) is 11.7 Å². The number of ether oxygens (including phenoxy) is 9. The molecular weight excluding hydrogens is 983 g/mol. The Morgan fingerprint density at radius 1 is 0.855 bits per heavy atom. The lowest BCUT2D eigenvalue weighted by atomic mass is 9.78. The third-order valence-electron chi connectivity index (χ3n) is 16.2. The quantitative estimate of drug-likeness (QED) is 0.129. The summed E-state index contributed by atoms with van der Waals surface area (Å²) < 4.78 is 52.2. The number of rotatable bonds is 9. The van der Waals surface area contributed by atoms with Crippen LogP contribution in [-0.2, 0) is 66.6 Å². The second-order valence-electron chi connectivity index (χ2n) is 22.7. The molecule has 0 aromatic heterocycles. The fourth-order valence-electron chi connectivity index (χ4n) is 11.4. The Morgan fingerprint density at radius 2 is 1.59 bits per heavy atom. The number of fused-ring (bicyclic) bond motifs is 3. The summed E-state index contributed by atoms with van der Waals surface area (Å²) in [5.41, 5.74) is 1.23. The number of cyclic esters (lactones) is 1. The highest BCUT2D eigenvalue weighted by Crippen LogP contribution is 2.38. The Morgan fingerprint density at radius 3 is 2.26 bits per heavy atom. The summed E-state index contributed by atoms with van der Waals surface area (Å²) in [6.45, 7) is 16.4. The number of allylic oxidation sites excluding steroid dienone is 6. The lowest BCUT2D eigenvalue weighted by Crippen LogP contribution is -2.61. The molecule has 5 rings (SSSR count). The summed E-state index contributed by atoms with van der Waals surface area (Å²) in [5.74, 6) is -9.24. The highest BCUT2D eigenvalue weighted by Gasteiger charge is 2.53. The molecule has 0 spiro atoms. The molecule has 0 aromatic rings. The van der Waals surface area contributed by atoms with Gasteiger partial charge < -0.3 is 57.7 Å².